The summed E-state index contributed by atoms with van der Waals surface area (Å²) in [6, 6.07) is 6.95. The van der Waals surface area contributed by atoms with Crippen molar-refractivity contribution in [2.75, 3.05) is 26.2 Å². The molecular formula is C18H18N6O5S. The van der Waals surface area contributed by atoms with Gasteiger partial charge in [0.05, 0.1) is 10.6 Å². The molecular weight excluding hydrogens is 412 g/mol. The highest BCUT2D eigenvalue weighted by Crippen LogP contribution is 2.27. The molecule has 0 unspecified atom stereocenters. The molecule has 12 heteroatoms. The smallest absolute Gasteiger partial charge is 0.289 e. The van der Waals surface area contributed by atoms with Crippen molar-refractivity contribution >= 4 is 27.3 Å². The summed E-state index contributed by atoms with van der Waals surface area (Å²) in [5, 5.41) is 15.5. The van der Waals surface area contributed by atoms with E-state index in [0.29, 0.717) is 16.9 Å². The predicted molar refractivity (Wildman–Crippen MR) is 105 cm³/mol. The number of carbonyl (C=O) groups excluding carboxylic acids is 1. The Bertz CT molecular complexity index is 1250. The molecule has 1 amide bonds. The van der Waals surface area contributed by atoms with Gasteiger partial charge in [-0.25, -0.2) is 17.9 Å². The van der Waals surface area contributed by atoms with Crippen LogP contribution in [0.2, 0.25) is 0 Å². The molecule has 0 spiro atoms. The molecule has 0 atom stereocenters. The molecule has 0 aliphatic carbocycles. The van der Waals surface area contributed by atoms with Crippen LogP contribution in [0.5, 0.6) is 0 Å². The number of rotatable bonds is 4. The highest BCUT2D eigenvalue weighted by molar-refractivity contribution is 7.89. The van der Waals surface area contributed by atoms with Crippen molar-refractivity contribution in [1.82, 2.24) is 23.8 Å². The second-order valence-corrected chi connectivity index (χ2v) is 8.68. The van der Waals surface area contributed by atoms with Crippen LogP contribution in [0, 0.1) is 17.0 Å². The van der Waals surface area contributed by atoms with E-state index in [9.17, 15) is 23.3 Å². The molecule has 0 N–H and O–H groups in total. The van der Waals surface area contributed by atoms with Crippen LogP contribution < -0.4 is 0 Å². The number of piperazine rings is 1. The number of para-hydroxylation sites is 1. The Hall–Kier alpha value is -3.38. The molecule has 0 radical (unpaired) electrons. The number of sulfonamides is 1. The van der Waals surface area contributed by atoms with Crippen molar-refractivity contribution in [3.05, 3.63) is 64.1 Å². The number of aryl methyl sites for hydroxylation is 1. The maximum atomic E-state index is 13.0. The molecule has 0 saturated carbocycles. The Morgan fingerprint density at radius 2 is 1.83 bits per heavy atom. The first kappa shape index (κ1) is 19.9. The zero-order chi connectivity index (χ0) is 21.5. The molecule has 1 aromatic carbocycles. The first-order chi connectivity index (χ1) is 14.3. The summed E-state index contributed by atoms with van der Waals surface area (Å²) in [5.41, 5.74) is 0.887. The van der Waals surface area contributed by atoms with Gasteiger partial charge in [0.2, 0.25) is 10.0 Å². The molecule has 1 saturated heterocycles. The van der Waals surface area contributed by atoms with E-state index in [1.165, 1.54) is 27.0 Å². The van der Waals surface area contributed by atoms with Gasteiger partial charge in [0.15, 0.2) is 10.5 Å². The number of nitro benzene ring substituents is 1. The fourth-order valence-corrected chi connectivity index (χ4v) is 5.08. The van der Waals surface area contributed by atoms with Crippen LogP contribution in [0.25, 0.3) is 5.65 Å². The summed E-state index contributed by atoms with van der Waals surface area (Å²) >= 11 is 0. The third-order valence-electron chi connectivity index (χ3n) is 4.99. The van der Waals surface area contributed by atoms with Crippen LogP contribution in [0.15, 0.2) is 47.6 Å². The lowest BCUT2D eigenvalue weighted by atomic mass is 10.2. The largest absolute Gasteiger partial charge is 0.336 e. The minimum atomic E-state index is -4.06. The summed E-state index contributed by atoms with van der Waals surface area (Å²) in [5.74, 6) is -0.274. The van der Waals surface area contributed by atoms with E-state index >= 15 is 0 Å². The zero-order valence-electron chi connectivity index (χ0n) is 16.0. The van der Waals surface area contributed by atoms with Crippen molar-refractivity contribution < 1.29 is 18.1 Å². The van der Waals surface area contributed by atoms with Crippen LogP contribution >= 0.6 is 0 Å². The average Bonchev–Trinajstić information content (AvgIpc) is 3.09. The number of carbonyl (C=O) groups is 1. The number of nitro groups is 1. The van der Waals surface area contributed by atoms with E-state index < -0.39 is 20.6 Å². The SMILES string of the molecule is Cc1nn2cccnc2c1C(=O)N1CCN(S(=O)(=O)c2ccccc2[N+](=O)[O-])CC1. The Morgan fingerprint density at radius 1 is 1.13 bits per heavy atom. The first-order valence-electron chi connectivity index (χ1n) is 9.13. The summed E-state index contributed by atoms with van der Waals surface area (Å²) in [6.45, 7) is 2.10. The Kier molecular flexibility index (Phi) is 4.95. The molecule has 0 bridgehead atoms. The quantitative estimate of drug-likeness (QED) is 0.447. The number of aromatic nitrogens is 3. The normalized spacial score (nSPS) is 15.4. The molecule has 3 heterocycles. The Labute approximate surface area is 171 Å². The molecule has 1 fully saturated rings. The molecule has 4 rings (SSSR count). The number of amides is 1. The predicted octanol–water partition coefficient (Wildman–Crippen LogP) is 1.09. The van der Waals surface area contributed by atoms with Gasteiger partial charge in [-0.15, -0.1) is 0 Å². The number of benzene rings is 1. The lowest BCUT2D eigenvalue weighted by Crippen LogP contribution is -2.50. The molecule has 30 heavy (non-hydrogen) atoms. The molecule has 11 nitrogen and oxygen atoms in total. The third kappa shape index (κ3) is 3.29. The molecule has 1 aliphatic heterocycles. The van der Waals surface area contributed by atoms with Crippen molar-refractivity contribution in [2.45, 2.75) is 11.8 Å². The molecule has 1 aliphatic rings. The monoisotopic (exact) mass is 430 g/mol. The number of nitrogens with zero attached hydrogens (tertiary/aromatic N) is 6. The van der Waals surface area contributed by atoms with Gasteiger partial charge in [-0.1, -0.05) is 12.1 Å². The maximum absolute atomic E-state index is 13.0. The van der Waals surface area contributed by atoms with E-state index in [2.05, 4.69) is 10.1 Å². The summed E-state index contributed by atoms with van der Waals surface area (Å²) in [4.78, 5) is 29.0. The van der Waals surface area contributed by atoms with E-state index in [4.69, 9.17) is 0 Å². The second kappa shape index (κ2) is 7.46. The molecule has 3 aromatic rings. The van der Waals surface area contributed by atoms with E-state index in [1.54, 1.807) is 30.3 Å². The first-order valence-corrected chi connectivity index (χ1v) is 10.6. The summed E-state index contributed by atoms with van der Waals surface area (Å²) < 4.78 is 28.6. The van der Waals surface area contributed by atoms with E-state index in [1.807, 2.05) is 0 Å². The van der Waals surface area contributed by atoms with Crippen molar-refractivity contribution in [3.63, 3.8) is 0 Å². The van der Waals surface area contributed by atoms with E-state index in [-0.39, 0.29) is 37.0 Å². The third-order valence-corrected chi connectivity index (χ3v) is 6.94. The van der Waals surface area contributed by atoms with Gasteiger partial charge in [-0.2, -0.15) is 9.40 Å². The van der Waals surface area contributed by atoms with E-state index in [0.717, 1.165) is 6.07 Å². The summed E-state index contributed by atoms with van der Waals surface area (Å²) in [7, 11) is -4.06. The van der Waals surface area contributed by atoms with Crippen LogP contribution in [0.1, 0.15) is 16.1 Å². The van der Waals surface area contributed by atoms with Gasteiger partial charge in [0, 0.05) is 44.6 Å². The van der Waals surface area contributed by atoms with Crippen LogP contribution in [0.3, 0.4) is 0 Å². The van der Waals surface area contributed by atoms with Gasteiger partial charge in [0.25, 0.3) is 11.6 Å². The molecule has 2 aromatic heterocycles. The van der Waals surface area contributed by atoms with Crippen LogP contribution in [-0.4, -0.2) is 69.2 Å². The second-order valence-electron chi connectivity index (χ2n) is 6.77. The van der Waals surface area contributed by atoms with Crippen molar-refractivity contribution in [3.8, 4) is 0 Å². The van der Waals surface area contributed by atoms with Gasteiger partial charge < -0.3 is 4.90 Å². The van der Waals surface area contributed by atoms with Crippen LogP contribution in [0.4, 0.5) is 5.69 Å². The van der Waals surface area contributed by atoms with Crippen LogP contribution in [-0.2, 0) is 10.0 Å². The zero-order valence-corrected chi connectivity index (χ0v) is 16.8. The standard InChI is InChI=1S/C18H18N6O5S/c1-13-16(17-19-7-4-8-23(17)20-13)18(25)21-9-11-22(12-10-21)30(28,29)15-6-3-2-5-14(15)24(26)27/h2-8H,9-12H2,1H3. The highest BCUT2D eigenvalue weighted by atomic mass is 32.2. The maximum Gasteiger partial charge on any atom is 0.289 e. The summed E-state index contributed by atoms with van der Waals surface area (Å²) in [6.07, 6.45) is 3.27. The fraction of sp³-hybridized carbons (Fsp3) is 0.278. The lowest BCUT2D eigenvalue weighted by Gasteiger charge is -2.33. The number of hydrogen-bond donors (Lipinski definition) is 0. The molecule has 156 valence electrons. The number of fused-ring (bicyclic) bond motifs is 1. The minimum Gasteiger partial charge on any atom is -0.336 e. The minimum absolute atomic E-state index is 0.0335. The van der Waals surface area contributed by atoms with Crippen molar-refractivity contribution in [1.29, 1.82) is 0 Å². The van der Waals surface area contributed by atoms with Crippen molar-refractivity contribution in [2.24, 2.45) is 0 Å². The Morgan fingerprint density at radius 3 is 2.53 bits per heavy atom. The van der Waals surface area contributed by atoms with Gasteiger partial charge in [0.1, 0.15) is 5.56 Å². The lowest BCUT2D eigenvalue weighted by molar-refractivity contribution is -0.387. The Balaban J connectivity index is 1.55. The van der Waals surface area contributed by atoms with Gasteiger partial charge in [-0.3, -0.25) is 14.9 Å². The highest BCUT2D eigenvalue weighted by Gasteiger charge is 2.35. The van der Waals surface area contributed by atoms with Gasteiger partial charge in [-0.05, 0) is 19.1 Å². The van der Waals surface area contributed by atoms with Gasteiger partial charge >= 0.3 is 0 Å². The fourth-order valence-electron chi connectivity index (χ4n) is 3.50. The average molecular weight is 430 g/mol. The topological polar surface area (TPSA) is 131 Å². The number of hydrogen-bond acceptors (Lipinski definition) is 7.